The van der Waals surface area contributed by atoms with Crippen LogP contribution in [-0.4, -0.2) is 0 Å². The molecule has 51 heavy (non-hydrogen) atoms. The van der Waals surface area contributed by atoms with Crippen LogP contribution in [0.5, 0.6) is 0 Å². The molecule has 0 radical (unpaired) electrons. The van der Waals surface area contributed by atoms with Crippen LogP contribution in [-0.2, 0) is 0 Å². The first-order valence-electron chi connectivity index (χ1n) is 17.7. The van der Waals surface area contributed by atoms with Gasteiger partial charge in [0.25, 0.3) is 0 Å². The highest BCUT2D eigenvalue weighted by molar-refractivity contribution is 6.27. The van der Waals surface area contributed by atoms with Gasteiger partial charge in [-0.2, -0.15) is 0 Å². The molecule has 0 bridgehead atoms. The second kappa shape index (κ2) is 9.94. The van der Waals surface area contributed by atoms with E-state index in [1.54, 1.807) is 0 Å². The average molecular weight is 645 g/mol. The first-order valence-corrected chi connectivity index (χ1v) is 17.7. The zero-order valence-corrected chi connectivity index (χ0v) is 27.6. The Kier molecular flexibility index (Phi) is 5.29. The first kappa shape index (κ1) is 27.2. The molecule has 0 saturated carbocycles. The summed E-state index contributed by atoms with van der Waals surface area (Å²) in [7, 11) is 0. The van der Waals surface area contributed by atoms with Crippen LogP contribution in [0, 0.1) is 0 Å². The van der Waals surface area contributed by atoms with Gasteiger partial charge in [-0.3, -0.25) is 0 Å². The molecule has 12 rings (SSSR count). The van der Waals surface area contributed by atoms with Gasteiger partial charge in [-0.15, -0.1) is 0 Å². The van der Waals surface area contributed by atoms with Gasteiger partial charge in [0.15, 0.2) is 0 Å². The average Bonchev–Trinajstić information content (AvgIpc) is 3.55. The lowest BCUT2D eigenvalue weighted by molar-refractivity contribution is 0.670. The van der Waals surface area contributed by atoms with E-state index in [2.05, 4.69) is 170 Å². The Morgan fingerprint density at radius 3 is 1.75 bits per heavy atom. The molecule has 1 nitrogen and oxygen atoms in total. The highest BCUT2D eigenvalue weighted by Crippen LogP contribution is 2.47. The minimum absolute atomic E-state index is 0.911. The first-order chi connectivity index (χ1) is 25.3. The van der Waals surface area contributed by atoms with E-state index in [0.29, 0.717) is 0 Å². The van der Waals surface area contributed by atoms with E-state index in [1.807, 2.05) is 0 Å². The zero-order chi connectivity index (χ0) is 33.2. The van der Waals surface area contributed by atoms with E-state index in [0.717, 1.165) is 27.5 Å². The maximum absolute atomic E-state index is 6.96. The molecule has 0 saturated heterocycles. The molecule has 11 aromatic carbocycles. The van der Waals surface area contributed by atoms with Gasteiger partial charge in [0.05, 0.1) is 0 Å². The lowest BCUT2D eigenvalue weighted by Gasteiger charge is -2.17. The summed E-state index contributed by atoms with van der Waals surface area (Å²) in [6.45, 7) is 0. The maximum atomic E-state index is 6.96. The van der Waals surface area contributed by atoms with E-state index in [1.165, 1.54) is 92.1 Å². The number of furan rings is 1. The minimum atomic E-state index is 0.911. The Hall–Kier alpha value is -6.70. The predicted molar refractivity (Wildman–Crippen MR) is 218 cm³/mol. The van der Waals surface area contributed by atoms with Crippen LogP contribution < -0.4 is 0 Å². The second-order valence-corrected chi connectivity index (χ2v) is 14.0. The Labute approximate surface area is 292 Å². The smallest absolute Gasteiger partial charge is 0.143 e. The van der Waals surface area contributed by atoms with Crippen molar-refractivity contribution in [1.29, 1.82) is 0 Å². The molecule has 1 heteroatoms. The second-order valence-electron chi connectivity index (χ2n) is 14.0. The topological polar surface area (TPSA) is 13.1 Å². The van der Waals surface area contributed by atoms with Crippen LogP contribution in [0.4, 0.5) is 0 Å². The minimum Gasteiger partial charge on any atom is -0.455 e. The van der Waals surface area contributed by atoms with Gasteiger partial charge >= 0.3 is 0 Å². The molecular weight excluding hydrogens is 617 g/mol. The van der Waals surface area contributed by atoms with Gasteiger partial charge in [0, 0.05) is 16.3 Å². The molecule has 0 aliphatic rings. The summed E-state index contributed by atoms with van der Waals surface area (Å²) in [5.41, 5.74) is 6.58. The molecule has 0 spiro atoms. The highest BCUT2D eigenvalue weighted by Gasteiger charge is 2.21. The Morgan fingerprint density at radius 1 is 0.294 bits per heavy atom. The third-order valence-electron chi connectivity index (χ3n) is 11.3. The number of hydrogen-bond acceptors (Lipinski definition) is 1. The van der Waals surface area contributed by atoms with Gasteiger partial charge in [-0.25, -0.2) is 0 Å². The molecule has 0 N–H and O–H groups in total. The fourth-order valence-corrected chi connectivity index (χ4v) is 9.01. The van der Waals surface area contributed by atoms with Crippen molar-refractivity contribution in [3.63, 3.8) is 0 Å². The normalized spacial score (nSPS) is 12.3. The maximum Gasteiger partial charge on any atom is 0.143 e. The van der Waals surface area contributed by atoms with E-state index in [4.69, 9.17) is 4.42 Å². The fraction of sp³-hybridized carbons (Fsp3) is 0. The number of hydrogen-bond donors (Lipinski definition) is 0. The molecule has 0 unspecified atom stereocenters. The number of rotatable bonds is 2. The van der Waals surface area contributed by atoms with Crippen LogP contribution in [0.2, 0.25) is 0 Å². The molecule has 1 heterocycles. The lowest BCUT2D eigenvalue weighted by Crippen LogP contribution is -1.90. The third-order valence-corrected chi connectivity index (χ3v) is 11.3. The Bertz CT molecular complexity index is 3400. The summed E-state index contributed by atoms with van der Waals surface area (Å²) in [5.74, 6) is 0. The molecule has 234 valence electrons. The summed E-state index contributed by atoms with van der Waals surface area (Å²) < 4.78 is 6.96. The molecule has 12 aromatic rings. The van der Waals surface area contributed by atoms with E-state index in [9.17, 15) is 0 Å². The molecule has 0 atom stereocenters. The molecule has 0 amide bonds. The van der Waals surface area contributed by atoms with Crippen LogP contribution in [0.25, 0.3) is 120 Å². The van der Waals surface area contributed by atoms with Crippen molar-refractivity contribution < 1.29 is 4.42 Å². The van der Waals surface area contributed by atoms with Gasteiger partial charge in [0.2, 0.25) is 0 Å². The zero-order valence-electron chi connectivity index (χ0n) is 27.6. The fourth-order valence-electron chi connectivity index (χ4n) is 9.01. The van der Waals surface area contributed by atoms with E-state index in [-0.39, 0.29) is 0 Å². The monoisotopic (exact) mass is 644 g/mol. The van der Waals surface area contributed by atoms with Crippen LogP contribution >= 0.6 is 0 Å². The quantitative estimate of drug-likeness (QED) is 0.135. The van der Waals surface area contributed by atoms with Crippen molar-refractivity contribution in [3.05, 3.63) is 170 Å². The number of fused-ring (bicyclic) bond motifs is 8. The van der Waals surface area contributed by atoms with Crippen molar-refractivity contribution in [1.82, 2.24) is 0 Å². The van der Waals surface area contributed by atoms with Gasteiger partial charge in [-0.05, 0) is 122 Å². The van der Waals surface area contributed by atoms with E-state index < -0.39 is 0 Å². The summed E-state index contributed by atoms with van der Waals surface area (Å²) in [5, 5.41) is 19.9. The summed E-state index contributed by atoms with van der Waals surface area (Å²) >= 11 is 0. The van der Waals surface area contributed by atoms with Crippen molar-refractivity contribution in [2.45, 2.75) is 0 Å². The van der Waals surface area contributed by atoms with Crippen molar-refractivity contribution in [2.24, 2.45) is 0 Å². The molecule has 0 aliphatic heterocycles. The molecule has 1 aromatic heterocycles. The summed E-state index contributed by atoms with van der Waals surface area (Å²) in [6.07, 6.45) is 0. The van der Waals surface area contributed by atoms with Gasteiger partial charge in [-0.1, -0.05) is 140 Å². The van der Waals surface area contributed by atoms with Crippen molar-refractivity contribution in [3.8, 4) is 22.3 Å². The van der Waals surface area contributed by atoms with Gasteiger partial charge in [0.1, 0.15) is 11.2 Å². The largest absolute Gasteiger partial charge is 0.455 e. The van der Waals surface area contributed by atoms with Crippen molar-refractivity contribution >= 4 is 97.3 Å². The van der Waals surface area contributed by atoms with Gasteiger partial charge < -0.3 is 4.42 Å². The Morgan fingerprint density at radius 2 is 0.902 bits per heavy atom. The molecular formula is C50H28O. The van der Waals surface area contributed by atoms with Crippen LogP contribution in [0.3, 0.4) is 0 Å². The predicted octanol–water partition coefficient (Wildman–Crippen LogP) is 14.4. The summed E-state index contributed by atoms with van der Waals surface area (Å²) in [4.78, 5) is 0. The van der Waals surface area contributed by atoms with Crippen LogP contribution in [0.1, 0.15) is 0 Å². The lowest BCUT2D eigenvalue weighted by atomic mass is 9.86. The third kappa shape index (κ3) is 3.75. The van der Waals surface area contributed by atoms with E-state index >= 15 is 0 Å². The number of benzene rings is 11. The Balaban J connectivity index is 1.27. The summed E-state index contributed by atoms with van der Waals surface area (Å²) in [6, 6.07) is 62.7. The SMILES string of the molecule is c1ccc2cc3c(cc2c1)oc1c(-c2ccc4ccc5cccc6ccc2c4c56)cc(-c2c4ccccc4cc4c2ccc2ccccc24)cc13. The standard InChI is InChI=1S/C50H28O/c1-2-10-34-28-46-43(24-33(34)9-1)45-27-36(48-38-15-6-4-11-35(38)25-42-37-14-5-3-8-29(37)18-22-41(42)48)26-44(50(45)51-46)39-21-19-32-17-16-30-12-7-13-31-20-23-40(39)49(32)47(30)31/h1-28H. The van der Waals surface area contributed by atoms with Crippen molar-refractivity contribution in [2.75, 3.05) is 0 Å². The molecule has 0 aliphatic carbocycles. The highest BCUT2D eigenvalue weighted by atomic mass is 16.3. The van der Waals surface area contributed by atoms with Crippen LogP contribution in [0.15, 0.2) is 174 Å². The molecule has 0 fully saturated rings.